The number of benzene rings is 1. The van der Waals surface area contributed by atoms with Crippen LogP contribution < -0.4 is 10.1 Å². The molecular formula is C25H21BrClN5O2S. The van der Waals surface area contributed by atoms with Crippen LogP contribution in [-0.4, -0.2) is 37.6 Å². The van der Waals surface area contributed by atoms with Crippen LogP contribution in [0.15, 0.2) is 61.1 Å². The van der Waals surface area contributed by atoms with E-state index >= 15 is 0 Å². The first-order chi connectivity index (χ1) is 17.1. The Labute approximate surface area is 220 Å². The van der Waals surface area contributed by atoms with E-state index in [0.717, 1.165) is 38.7 Å². The molecule has 178 valence electrons. The number of ether oxygens (including phenoxy) is 1. The molecule has 0 atom stereocenters. The lowest BCUT2D eigenvalue weighted by molar-refractivity contribution is -0.126. The number of anilines is 2. The molecule has 0 fully saturated rings. The molecule has 1 N–H and O–H groups in total. The largest absolute Gasteiger partial charge is 0.486 e. The van der Waals surface area contributed by atoms with Gasteiger partial charge >= 0.3 is 0 Å². The van der Waals surface area contributed by atoms with Gasteiger partial charge in [-0.2, -0.15) is 0 Å². The SMILES string of the molecule is O=C(C=CCBr)N1CCc2c(sc3ncnc(Nc4ccc(OCc5ccccn5)c(Cl)c4)c23)C1. The highest BCUT2D eigenvalue weighted by molar-refractivity contribution is 9.09. The zero-order valence-electron chi connectivity index (χ0n) is 18.6. The van der Waals surface area contributed by atoms with Crippen molar-refractivity contribution in [3.8, 4) is 5.75 Å². The van der Waals surface area contributed by atoms with Crippen LogP contribution in [0.2, 0.25) is 5.02 Å². The lowest BCUT2D eigenvalue weighted by atomic mass is 10.0. The summed E-state index contributed by atoms with van der Waals surface area (Å²) in [5.41, 5.74) is 2.83. The summed E-state index contributed by atoms with van der Waals surface area (Å²) in [6.45, 7) is 1.58. The number of aromatic nitrogens is 3. The van der Waals surface area contributed by atoms with Crippen molar-refractivity contribution in [1.82, 2.24) is 19.9 Å². The maximum Gasteiger partial charge on any atom is 0.246 e. The molecule has 1 aliphatic heterocycles. The average molecular weight is 571 g/mol. The first-order valence-electron chi connectivity index (χ1n) is 11.0. The number of thiophene rings is 1. The number of fused-ring (bicyclic) bond motifs is 3. The number of rotatable bonds is 7. The van der Waals surface area contributed by atoms with Crippen molar-refractivity contribution in [2.24, 2.45) is 0 Å². The first-order valence-corrected chi connectivity index (χ1v) is 13.3. The van der Waals surface area contributed by atoms with E-state index in [2.05, 4.69) is 36.2 Å². The Morgan fingerprint density at radius 2 is 2.17 bits per heavy atom. The number of amides is 1. The fourth-order valence-corrected chi connectivity index (χ4v) is 5.55. The van der Waals surface area contributed by atoms with Gasteiger partial charge in [-0.3, -0.25) is 9.78 Å². The first kappa shape index (κ1) is 23.7. The van der Waals surface area contributed by atoms with Crippen molar-refractivity contribution in [3.05, 3.63) is 82.2 Å². The van der Waals surface area contributed by atoms with Gasteiger partial charge < -0.3 is 15.0 Å². The minimum atomic E-state index is 0.0250. The predicted molar refractivity (Wildman–Crippen MR) is 143 cm³/mol. The van der Waals surface area contributed by atoms with E-state index in [0.29, 0.717) is 35.8 Å². The molecule has 0 bridgehead atoms. The van der Waals surface area contributed by atoms with Crippen molar-refractivity contribution in [2.45, 2.75) is 19.6 Å². The van der Waals surface area contributed by atoms with Crippen molar-refractivity contribution >= 4 is 66.5 Å². The summed E-state index contributed by atoms with van der Waals surface area (Å²) in [7, 11) is 0. The number of pyridine rings is 1. The lowest BCUT2D eigenvalue weighted by Gasteiger charge is -2.26. The second-order valence-electron chi connectivity index (χ2n) is 7.85. The number of hydrogen-bond donors (Lipinski definition) is 1. The van der Waals surface area contributed by atoms with Crippen LogP contribution in [0.25, 0.3) is 10.2 Å². The summed E-state index contributed by atoms with van der Waals surface area (Å²) in [5, 5.41) is 5.55. The Morgan fingerprint density at radius 3 is 2.97 bits per heavy atom. The van der Waals surface area contributed by atoms with E-state index in [1.54, 1.807) is 29.9 Å². The van der Waals surface area contributed by atoms with Gasteiger partial charge in [-0.25, -0.2) is 9.97 Å². The van der Waals surface area contributed by atoms with Crippen LogP contribution >= 0.6 is 38.9 Å². The Balaban J connectivity index is 1.35. The van der Waals surface area contributed by atoms with Gasteiger partial charge in [0.25, 0.3) is 0 Å². The molecule has 4 aromatic rings. The topological polar surface area (TPSA) is 80.2 Å². The lowest BCUT2D eigenvalue weighted by Crippen LogP contribution is -2.34. The fraction of sp³-hybridized carbons (Fsp3) is 0.200. The molecule has 5 rings (SSSR count). The molecule has 0 unspecified atom stereocenters. The average Bonchev–Trinajstić information content (AvgIpc) is 3.26. The third kappa shape index (κ3) is 5.32. The molecular weight excluding hydrogens is 550 g/mol. The number of halogens is 2. The van der Waals surface area contributed by atoms with E-state index in [1.807, 2.05) is 47.4 Å². The second-order valence-corrected chi connectivity index (χ2v) is 9.99. The summed E-state index contributed by atoms with van der Waals surface area (Å²) in [5.74, 6) is 1.34. The van der Waals surface area contributed by atoms with Gasteiger partial charge in [0, 0.05) is 28.6 Å². The predicted octanol–water partition coefficient (Wildman–Crippen LogP) is 5.90. The molecule has 0 saturated carbocycles. The van der Waals surface area contributed by atoms with Crippen LogP contribution in [0.4, 0.5) is 11.5 Å². The van der Waals surface area contributed by atoms with Gasteiger partial charge in [0.05, 0.1) is 22.6 Å². The molecule has 35 heavy (non-hydrogen) atoms. The van der Waals surface area contributed by atoms with Gasteiger partial charge in [0.15, 0.2) is 0 Å². The summed E-state index contributed by atoms with van der Waals surface area (Å²) in [4.78, 5) is 29.6. The molecule has 7 nitrogen and oxygen atoms in total. The van der Waals surface area contributed by atoms with Crippen molar-refractivity contribution in [1.29, 1.82) is 0 Å². The molecule has 0 saturated heterocycles. The van der Waals surface area contributed by atoms with Gasteiger partial charge in [-0.15, -0.1) is 11.3 Å². The van der Waals surface area contributed by atoms with Crippen LogP contribution in [0.3, 0.4) is 0 Å². The van der Waals surface area contributed by atoms with E-state index in [-0.39, 0.29) is 5.91 Å². The molecule has 10 heteroatoms. The highest BCUT2D eigenvalue weighted by Gasteiger charge is 2.25. The number of allylic oxidation sites excluding steroid dienone is 1. The quantitative estimate of drug-likeness (QED) is 0.220. The summed E-state index contributed by atoms with van der Waals surface area (Å²) >= 11 is 11.4. The summed E-state index contributed by atoms with van der Waals surface area (Å²) in [6.07, 6.45) is 7.48. The molecule has 4 heterocycles. The van der Waals surface area contributed by atoms with Gasteiger partial charge in [0.2, 0.25) is 5.91 Å². The molecule has 3 aromatic heterocycles. The number of alkyl halides is 1. The van der Waals surface area contributed by atoms with Crippen molar-refractivity contribution < 1.29 is 9.53 Å². The maximum absolute atomic E-state index is 12.4. The molecule has 1 aliphatic rings. The normalized spacial score (nSPS) is 13.3. The number of carbonyl (C=O) groups is 1. The zero-order valence-corrected chi connectivity index (χ0v) is 21.7. The zero-order chi connectivity index (χ0) is 24.2. The number of hydrogen-bond acceptors (Lipinski definition) is 7. The van der Waals surface area contributed by atoms with E-state index in [1.165, 1.54) is 5.56 Å². The van der Waals surface area contributed by atoms with Gasteiger partial charge in [-0.1, -0.05) is 39.7 Å². The van der Waals surface area contributed by atoms with Crippen LogP contribution in [0.1, 0.15) is 16.1 Å². The standard InChI is InChI=1S/C25H21BrClN5O2S/c26-9-3-5-22(33)32-11-8-18-21(13-32)35-25-23(18)24(29-15-30-25)31-16-6-7-20(19(27)12-16)34-14-17-4-1-2-10-28-17/h1-7,10,12,15H,8-9,11,13-14H2,(H,29,30,31). The Morgan fingerprint density at radius 1 is 1.26 bits per heavy atom. The van der Waals surface area contributed by atoms with Crippen LogP contribution in [-0.2, 0) is 24.4 Å². The fourth-order valence-electron chi connectivity index (χ4n) is 3.93. The number of carbonyl (C=O) groups excluding carboxylic acids is 1. The highest BCUT2D eigenvalue weighted by Crippen LogP contribution is 2.38. The molecule has 0 aliphatic carbocycles. The maximum atomic E-state index is 12.4. The van der Waals surface area contributed by atoms with E-state index < -0.39 is 0 Å². The highest BCUT2D eigenvalue weighted by atomic mass is 79.9. The monoisotopic (exact) mass is 569 g/mol. The molecule has 0 radical (unpaired) electrons. The third-order valence-corrected chi connectivity index (χ3v) is 7.39. The minimum absolute atomic E-state index is 0.0250. The summed E-state index contributed by atoms with van der Waals surface area (Å²) in [6, 6.07) is 11.2. The van der Waals surface area contributed by atoms with Crippen molar-refractivity contribution in [3.63, 3.8) is 0 Å². The smallest absolute Gasteiger partial charge is 0.246 e. The van der Waals surface area contributed by atoms with E-state index in [9.17, 15) is 4.79 Å². The minimum Gasteiger partial charge on any atom is -0.486 e. The Hall–Kier alpha value is -3.01. The molecule has 0 spiro atoms. The molecule has 1 aromatic carbocycles. The second kappa shape index (κ2) is 10.7. The van der Waals surface area contributed by atoms with Gasteiger partial charge in [0.1, 0.15) is 29.3 Å². The van der Waals surface area contributed by atoms with Crippen LogP contribution in [0.5, 0.6) is 5.75 Å². The Bertz CT molecular complexity index is 1400. The van der Waals surface area contributed by atoms with Crippen LogP contribution in [0, 0.1) is 0 Å². The Kier molecular flexibility index (Phi) is 7.26. The van der Waals surface area contributed by atoms with Crippen molar-refractivity contribution in [2.75, 3.05) is 17.2 Å². The number of nitrogens with zero attached hydrogens (tertiary/aromatic N) is 4. The van der Waals surface area contributed by atoms with Gasteiger partial charge in [-0.05, 0) is 48.4 Å². The third-order valence-electron chi connectivity index (χ3n) is 5.59. The molecule has 1 amide bonds. The number of nitrogens with one attached hydrogen (secondary N) is 1. The summed E-state index contributed by atoms with van der Waals surface area (Å²) < 4.78 is 5.83. The van der Waals surface area contributed by atoms with E-state index in [4.69, 9.17) is 16.3 Å².